The van der Waals surface area contributed by atoms with Gasteiger partial charge in [0.05, 0.1) is 18.7 Å². The van der Waals surface area contributed by atoms with Crippen LogP contribution in [-0.2, 0) is 4.74 Å². The number of carbonyl (C=O) groups excluding carboxylic acids is 1. The molecular weight excluding hydrogens is 264 g/mol. The van der Waals surface area contributed by atoms with Crippen molar-refractivity contribution in [2.24, 2.45) is 5.92 Å². The van der Waals surface area contributed by atoms with E-state index >= 15 is 0 Å². The van der Waals surface area contributed by atoms with Crippen LogP contribution in [0.1, 0.15) is 23.2 Å². The van der Waals surface area contributed by atoms with Crippen molar-refractivity contribution in [2.75, 3.05) is 33.4 Å². The quantitative estimate of drug-likeness (QED) is 0.778. The van der Waals surface area contributed by atoms with Gasteiger partial charge in [0.2, 0.25) is 0 Å². The number of rotatable bonds is 5. The Bertz CT molecular complexity index is 477. The molecule has 1 aromatic rings. The van der Waals surface area contributed by atoms with Gasteiger partial charge in [-0.2, -0.15) is 0 Å². The van der Waals surface area contributed by atoms with E-state index in [9.17, 15) is 13.6 Å². The summed E-state index contributed by atoms with van der Waals surface area (Å²) in [5.74, 6) is -1.35. The first kappa shape index (κ1) is 15.1. The number of Topliss-reactive ketones (excluding diaryl/α,β-unsaturated/α-hetero) is 1. The monoisotopic (exact) mass is 283 g/mol. The number of carbonyl (C=O) groups is 1. The standard InChI is InChI=1S/C15H19F2NO2/c1-20-10-11-3-2-6-18(8-11)9-15(19)13-5-4-12(16)7-14(13)17/h4-5,7,11H,2-3,6,8-10H2,1H3. The van der Waals surface area contributed by atoms with Crippen LogP contribution < -0.4 is 0 Å². The molecule has 1 aliphatic rings. The van der Waals surface area contributed by atoms with E-state index in [1.165, 1.54) is 6.07 Å². The van der Waals surface area contributed by atoms with E-state index in [0.29, 0.717) is 12.5 Å². The number of methoxy groups -OCH3 is 1. The molecule has 0 N–H and O–H groups in total. The number of ketones is 1. The van der Waals surface area contributed by atoms with E-state index in [-0.39, 0.29) is 17.9 Å². The smallest absolute Gasteiger partial charge is 0.179 e. The van der Waals surface area contributed by atoms with Gasteiger partial charge in [0.25, 0.3) is 0 Å². The van der Waals surface area contributed by atoms with Crippen molar-refractivity contribution in [3.63, 3.8) is 0 Å². The van der Waals surface area contributed by atoms with Crippen LogP contribution in [-0.4, -0.2) is 44.0 Å². The fourth-order valence-corrected chi connectivity index (χ4v) is 2.67. The van der Waals surface area contributed by atoms with Crippen LogP contribution in [0.2, 0.25) is 0 Å². The largest absolute Gasteiger partial charge is 0.384 e. The summed E-state index contributed by atoms with van der Waals surface area (Å²) in [4.78, 5) is 14.1. The van der Waals surface area contributed by atoms with Gasteiger partial charge in [-0.1, -0.05) is 0 Å². The molecule has 0 aliphatic carbocycles. The lowest BCUT2D eigenvalue weighted by Crippen LogP contribution is -2.40. The predicted octanol–water partition coefficient (Wildman–Crippen LogP) is 2.51. The summed E-state index contributed by atoms with van der Waals surface area (Å²) in [7, 11) is 1.66. The second-order valence-corrected chi connectivity index (χ2v) is 5.25. The number of nitrogens with zero attached hydrogens (tertiary/aromatic N) is 1. The van der Waals surface area contributed by atoms with E-state index in [2.05, 4.69) is 0 Å². The lowest BCUT2D eigenvalue weighted by atomic mass is 9.98. The predicted molar refractivity (Wildman–Crippen MR) is 71.7 cm³/mol. The Morgan fingerprint density at radius 3 is 2.95 bits per heavy atom. The number of piperidine rings is 1. The zero-order valence-electron chi connectivity index (χ0n) is 11.6. The van der Waals surface area contributed by atoms with Crippen molar-refractivity contribution >= 4 is 5.78 Å². The van der Waals surface area contributed by atoms with Gasteiger partial charge >= 0.3 is 0 Å². The molecule has 1 aliphatic heterocycles. The number of likely N-dealkylation sites (tertiary alicyclic amines) is 1. The Hall–Kier alpha value is -1.33. The molecule has 0 bridgehead atoms. The lowest BCUT2D eigenvalue weighted by molar-refractivity contribution is 0.0755. The molecule has 0 saturated carbocycles. The first-order chi connectivity index (χ1) is 9.60. The van der Waals surface area contributed by atoms with Gasteiger partial charge in [0.15, 0.2) is 5.78 Å². The molecule has 1 aromatic carbocycles. The minimum absolute atomic E-state index is 0.0414. The van der Waals surface area contributed by atoms with Crippen LogP contribution >= 0.6 is 0 Å². The zero-order valence-corrected chi connectivity index (χ0v) is 11.6. The van der Waals surface area contributed by atoms with E-state index < -0.39 is 11.6 Å². The molecule has 0 amide bonds. The van der Waals surface area contributed by atoms with Gasteiger partial charge in [-0.25, -0.2) is 8.78 Å². The van der Waals surface area contributed by atoms with E-state index in [0.717, 1.165) is 38.1 Å². The molecule has 110 valence electrons. The highest BCUT2D eigenvalue weighted by Crippen LogP contribution is 2.18. The summed E-state index contributed by atoms with van der Waals surface area (Å²) in [6.07, 6.45) is 2.09. The van der Waals surface area contributed by atoms with Gasteiger partial charge in [0, 0.05) is 19.7 Å². The molecule has 3 nitrogen and oxygen atoms in total. The summed E-state index contributed by atoms with van der Waals surface area (Å²) in [6, 6.07) is 3.07. The highest BCUT2D eigenvalue weighted by atomic mass is 19.1. The van der Waals surface area contributed by atoms with Gasteiger partial charge in [-0.3, -0.25) is 9.69 Å². The maximum Gasteiger partial charge on any atom is 0.179 e. The van der Waals surface area contributed by atoms with Gasteiger partial charge in [-0.15, -0.1) is 0 Å². The van der Waals surface area contributed by atoms with Crippen molar-refractivity contribution in [2.45, 2.75) is 12.8 Å². The minimum Gasteiger partial charge on any atom is -0.384 e. The molecule has 1 atom stereocenters. The summed E-state index contributed by atoms with van der Waals surface area (Å²) in [6.45, 7) is 2.45. The molecule has 1 saturated heterocycles. The van der Waals surface area contributed by atoms with Crippen LogP contribution in [0.3, 0.4) is 0 Å². The van der Waals surface area contributed by atoms with Crippen LogP contribution in [0, 0.1) is 17.6 Å². The van der Waals surface area contributed by atoms with Crippen molar-refractivity contribution in [1.29, 1.82) is 0 Å². The number of hydrogen-bond donors (Lipinski definition) is 0. The highest BCUT2D eigenvalue weighted by molar-refractivity contribution is 5.97. The van der Waals surface area contributed by atoms with Crippen molar-refractivity contribution in [1.82, 2.24) is 4.90 Å². The molecule has 0 aromatic heterocycles. The molecule has 20 heavy (non-hydrogen) atoms. The topological polar surface area (TPSA) is 29.5 Å². The zero-order chi connectivity index (χ0) is 14.5. The Morgan fingerprint density at radius 2 is 2.25 bits per heavy atom. The number of ether oxygens (including phenoxy) is 1. The maximum absolute atomic E-state index is 13.6. The SMILES string of the molecule is COCC1CCCN(CC(=O)c2ccc(F)cc2F)C1. The van der Waals surface area contributed by atoms with Crippen LogP contribution in [0.4, 0.5) is 8.78 Å². The number of halogens is 2. The lowest BCUT2D eigenvalue weighted by Gasteiger charge is -2.31. The first-order valence-electron chi connectivity index (χ1n) is 6.79. The van der Waals surface area contributed by atoms with Gasteiger partial charge in [0.1, 0.15) is 11.6 Å². The van der Waals surface area contributed by atoms with Crippen LogP contribution in [0.25, 0.3) is 0 Å². The Morgan fingerprint density at radius 1 is 1.45 bits per heavy atom. The number of benzene rings is 1. The van der Waals surface area contributed by atoms with Crippen LogP contribution in [0.15, 0.2) is 18.2 Å². The maximum atomic E-state index is 13.6. The molecule has 1 unspecified atom stereocenters. The average Bonchev–Trinajstić information content (AvgIpc) is 2.39. The summed E-state index contributed by atoms with van der Waals surface area (Å²) in [5, 5.41) is 0. The van der Waals surface area contributed by atoms with Gasteiger partial charge < -0.3 is 4.74 Å². The molecule has 5 heteroatoms. The third-order valence-electron chi connectivity index (χ3n) is 3.60. The van der Waals surface area contributed by atoms with Crippen molar-refractivity contribution < 1.29 is 18.3 Å². The Balaban J connectivity index is 1.97. The van der Waals surface area contributed by atoms with Crippen molar-refractivity contribution in [3.8, 4) is 0 Å². The normalized spacial score (nSPS) is 20.1. The molecule has 0 spiro atoms. The summed E-state index contributed by atoms with van der Waals surface area (Å²) in [5.41, 5.74) is -0.0414. The second-order valence-electron chi connectivity index (χ2n) is 5.25. The molecule has 1 heterocycles. The summed E-state index contributed by atoms with van der Waals surface area (Å²) >= 11 is 0. The van der Waals surface area contributed by atoms with E-state index in [1.54, 1.807) is 7.11 Å². The third-order valence-corrected chi connectivity index (χ3v) is 3.60. The Labute approximate surface area is 117 Å². The average molecular weight is 283 g/mol. The molecule has 0 radical (unpaired) electrons. The second kappa shape index (κ2) is 6.90. The fraction of sp³-hybridized carbons (Fsp3) is 0.533. The van der Waals surface area contributed by atoms with Crippen molar-refractivity contribution in [3.05, 3.63) is 35.4 Å². The Kier molecular flexibility index (Phi) is 5.20. The first-order valence-corrected chi connectivity index (χ1v) is 6.79. The minimum atomic E-state index is -0.791. The fourth-order valence-electron chi connectivity index (χ4n) is 2.67. The molecule has 1 fully saturated rings. The number of hydrogen-bond acceptors (Lipinski definition) is 3. The summed E-state index contributed by atoms with van der Waals surface area (Å²) < 4.78 is 31.5. The molecular formula is C15H19F2NO2. The van der Waals surface area contributed by atoms with E-state index in [1.807, 2.05) is 4.90 Å². The third kappa shape index (κ3) is 3.84. The van der Waals surface area contributed by atoms with Crippen LogP contribution in [0.5, 0.6) is 0 Å². The van der Waals surface area contributed by atoms with Gasteiger partial charge in [-0.05, 0) is 37.4 Å². The highest BCUT2D eigenvalue weighted by Gasteiger charge is 2.23. The van der Waals surface area contributed by atoms with E-state index in [4.69, 9.17) is 4.74 Å². The molecule has 2 rings (SSSR count).